The van der Waals surface area contributed by atoms with Gasteiger partial charge in [0.05, 0.1) is 0 Å². The van der Waals surface area contributed by atoms with Crippen LogP contribution in [-0.4, -0.2) is 12.6 Å². The van der Waals surface area contributed by atoms with Gasteiger partial charge in [-0.15, -0.1) is 0 Å². The molecular formula is C18H30N2. The lowest BCUT2D eigenvalue weighted by molar-refractivity contribution is 0.570. The molecule has 2 rings (SSSR count). The number of rotatable bonds is 6. The molecule has 1 unspecified atom stereocenters. The maximum Gasteiger partial charge on any atom is 0.0345 e. The lowest BCUT2D eigenvalue weighted by Crippen LogP contribution is -2.20. The average molecular weight is 274 g/mol. The zero-order valence-electron chi connectivity index (χ0n) is 13.1. The predicted molar refractivity (Wildman–Crippen MR) is 88.3 cm³/mol. The van der Waals surface area contributed by atoms with Crippen LogP contribution in [0.15, 0.2) is 24.3 Å². The minimum atomic E-state index is 0.436. The maximum atomic E-state index is 3.74. The third-order valence-corrected chi connectivity index (χ3v) is 4.31. The molecule has 0 radical (unpaired) electrons. The van der Waals surface area contributed by atoms with E-state index < -0.39 is 0 Å². The Morgan fingerprint density at radius 3 is 2.60 bits per heavy atom. The second kappa shape index (κ2) is 8.31. The number of nitrogens with one attached hydrogen (secondary N) is 2. The van der Waals surface area contributed by atoms with Gasteiger partial charge >= 0.3 is 0 Å². The van der Waals surface area contributed by atoms with Gasteiger partial charge in [0.2, 0.25) is 0 Å². The first-order chi connectivity index (χ1) is 9.79. The Balaban J connectivity index is 1.94. The summed E-state index contributed by atoms with van der Waals surface area (Å²) >= 11 is 0. The Morgan fingerprint density at radius 2 is 1.90 bits per heavy atom. The molecule has 1 aromatic carbocycles. The fraction of sp³-hybridized carbons (Fsp3) is 0.667. The Labute approximate surface area is 124 Å². The zero-order chi connectivity index (χ0) is 14.2. The normalized spacial score (nSPS) is 18.5. The maximum absolute atomic E-state index is 3.74. The van der Waals surface area contributed by atoms with Crippen LogP contribution in [0.4, 0.5) is 5.69 Å². The van der Waals surface area contributed by atoms with Crippen molar-refractivity contribution in [3.05, 3.63) is 29.8 Å². The molecule has 2 nitrogen and oxygen atoms in total. The third-order valence-electron chi connectivity index (χ3n) is 4.31. The molecule has 2 heteroatoms. The van der Waals surface area contributed by atoms with Crippen LogP contribution in [-0.2, 0) is 0 Å². The van der Waals surface area contributed by atoms with E-state index in [4.69, 9.17) is 0 Å². The fourth-order valence-corrected chi connectivity index (χ4v) is 3.04. The Morgan fingerprint density at radius 1 is 1.15 bits per heavy atom. The van der Waals surface area contributed by atoms with Crippen LogP contribution in [0.2, 0.25) is 0 Å². The van der Waals surface area contributed by atoms with Gasteiger partial charge in [-0.3, -0.25) is 0 Å². The minimum Gasteiger partial charge on any atom is -0.382 e. The summed E-state index contributed by atoms with van der Waals surface area (Å²) in [6.45, 7) is 5.55. The molecule has 0 bridgehead atoms. The van der Waals surface area contributed by atoms with E-state index in [9.17, 15) is 0 Å². The Hall–Kier alpha value is -1.02. The summed E-state index contributed by atoms with van der Waals surface area (Å²) in [7, 11) is 0. The van der Waals surface area contributed by atoms with E-state index in [2.05, 4.69) is 48.7 Å². The van der Waals surface area contributed by atoms with Crippen LogP contribution in [0.3, 0.4) is 0 Å². The van der Waals surface area contributed by atoms with Gasteiger partial charge in [-0.2, -0.15) is 0 Å². The molecule has 0 heterocycles. The highest BCUT2D eigenvalue weighted by atomic mass is 14.9. The van der Waals surface area contributed by atoms with Crippen molar-refractivity contribution in [2.45, 2.75) is 70.9 Å². The summed E-state index contributed by atoms with van der Waals surface area (Å²) in [5.74, 6) is 0. The molecule has 0 saturated heterocycles. The summed E-state index contributed by atoms with van der Waals surface area (Å²) < 4.78 is 0. The Bertz CT molecular complexity index is 381. The van der Waals surface area contributed by atoms with Gasteiger partial charge in [0.25, 0.3) is 0 Å². The molecule has 0 aromatic heterocycles. The molecule has 0 amide bonds. The predicted octanol–water partition coefficient (Wildman–Crippen LogP) is 4.88. The second-order valence-electron chi connectivity index (χ2n) is 6.13. The lowest BCUT2D eigenvalue weighted by atomic mass is 10.1. The van der Waals surface area contributed by atoms with Crippen molar-refractivity contribution < 1.29 is 0 Å². The molecule has 2 N–H and O–H groups in total. The van der Waals surface area contributed by atoms with Crippen molar-refractivity contribution in [1.29, 1.82) is 0 Å². The molecule has 1 aromatic rings. The average Bonchev–Trinajstić information content (AvgIpc) is 2.73. The van der Waals surface area contributed by atoms with Crippen LogP contribution in [0.5, 0.6) is 0 Å². The van der Waals surface area contributed by atoms with Crippen molar-refractivity contribution in [1.82, 2.24) is 5.32 Å². The van der Waals surface area contributed by atoms with Crippen LogP contribution in [0, 0.1) is 0 Å². The first kappa shape index (κ1) is 15.4. The van der Waals surface area contributed by atoms with E-state index in [0.717, 1.165) is 6.54 Å². The highest BCUT2D eigenvalue weighted by Gasteiger charge is 2.12. The molecule has 0 aliphatic heterocycles. The summed E-state index contributed by atoms with van der Waals surface area (Å²) in [6.07, 6.45) is 9.43. The van der Waals surface area contributed by atoms with Crippen LogP contribution in [0.25, 0.3) is 0 Å². The molecule has 1 aliphatic carbocycles. The van der Waals surface area contributed by atoms with Crippen molar-refractivity contribution in [3.63, 3.8) is 0 Å². The molecule has 1 saturated carbocycles. The van der Waals surface area contributed by atoms with Gasteiger partial charge in [-0.25, -0.2) is 0 Å². The van der Waals surface area contributed by atoms with E-state index in [1.807, 2.05) is 0 Å². The molecule has 0 spiro atoms. The third kappa shape index (κ3) is 4.82. The number of hydrogen-bond acceptors (Lipinski definition) is 2. The van der Waals surface area contributed by atoms with Crippen molar-refractivity contribution >= 4 is 5.69 Å². The second-order valence-corrected chi connectivity index (χ2v) is 6.13. The first-order valence-electron chi connectivity index (χ1n) is 8.39. The fourth-order valence-electron chi connectivity index (χ4n) is 3.04. The SMILES string of the molecule is CCCNC(C)c1cccc(NC2CCCCCC2)c1. The number of hydrogen-bond donors (Lipinski definition) is 2. The lowest BCUT2D eigenvalue weighted by Gasteiger charge is -2.20. The first-order valence-corrected chi connectivity index (χ1v) is 8.39. The van der Waals surface area contributed by atoms with E-state index in [1.54, 1.807) is 0 Å². The summed E-state index contributed by atoms with van der Waals surface area (Å²) in [4.78, 5) is 0. The van der Waals surface area contributed by atoms with E-state index in [1.165, 1.54) is 56.2 Å². The molecule has 1 atom stereocenters. The topological polar surface area (TPSA) is 24.1 Å². The molecule has 20 heavy (non-hydrogen) atoms. The summed E-state index contributed by atoms with van der Waals surface area (Å²) in [5, 5.41) is 7.31. The van der Waals surface area contributed by atoms with Gasteiger partial charge in [-0.1, -0.05) is 44.7 Å². The largest absolute Gasteiger partial charge is 0.382 e. The van der Waals surface area contributed by atoms with E-state index in [-0.39, 0.29) is 0 Å². The smallest absolute Gasteiger partial charge is 0.0345 e. The quantitative estimate of drug-likeness (QED) is 0.722. The summed E-state index contributed by atoms with van der Waals surface area (Å²) in [6, 6.07) is 10.0. The Kier molecular flexibility index (Phi) is 6.38. The number of benzene rings is 1. The van der Waals surface area contributed by atoms with Gasteiger partial charge < -0.3 is 10.6 Å². The van der Waals surface area contributed by atoms with Crippen LogP contribution >= 0.6 is 0 Å². The van der Waals surface area contributed by atoms with E-state index in [0.29, 0.717) is 12.1 Å². The van der Waals surface area contributed by atoms with Gasteiger partial charge in [0.1, 0.15) is 0 Å². The monoisotopic (exact) mass is 274 g/mol. The van der Waals surface area contributed by atoms with Gasteiger partial charge in [0.15, 0.2) is 0 Å². The molecule has 1 aliphatic rings. The highest BCUT2D eigenvalue weighted by molar-refractivity contribution is 5.47. The van der Waals surface area contributed by atoms with Crippen LogP contribution < -0.4 is 10.6 Å². The van der Waals surface area contributed by atoms with Gasteiger partial charge in [-0.05, 0) is 50.4 Å². The number of anilines is 1. The van der Waals surface area contributed by atoms with Crippen molar-refractivity contribution in [3.8, 4) is 0 Å². The van der Waals surface area contributed by atoms with E-state index >= 15 is 0 Å². The summed E-state index contributed by atoms with van der Waals surface area (Å²) in [5.41, 5.74) is 2.68. The minimum absolute atomic E-state index is 0.436. The zero-order valence-corrected chi connectivity index (χ0v) is 13.1. The van der Waals surface area contributed by atoms with Gasteiger partial charge in [0, 0.05) is 17.8 Å². The van der Waals surface area contributed by atoms with Crippen LogP contribution in [0.1, 0.15) is 70.4 Å². The molecule has 1 fully saturated rings. The molecular weight excluding hydrogens is 244 g/mol. The van der Waals surface area contributed by atoms with Crippen molar-refractivity contribution in [2.24, 2.45) is 0 Å². The van der Waals surface area contributed by atoms with Crippen molar-refractivity contribution in [2.75, 3.05) is 11.9 Å². The highest BCUT2D eigenvalue weighted by Crippen LogP contribution is 2.23. The molecule has 112 valence electrons. The standard InChI is InChI=1S/C18H30N2/c1-3-13-19-15(2)16-9-8-12-18(14-16)20-17-10-6-4-5-7-11-17/h8-9,12,14-15,17,19-20H,3-7,10-11,13H2,1-2H3.